The van der Waals surface area contributed by atoms with Gasteiger partial charge in [-0.3, -0.25) is 19.2 Å². The summed E-state index contributed by atoms with van der Waals surface area (Å²) in [4.78, 5) is 56.4. The average Bonchev–Trinajstić information content (AvgIpc) is 3.10. The number of phenolic OH excluding ortho intramolecular Hbond substituents is 6. The molecule has 0 unspecified atom stereocenters. The fourth-order valence-corrected chi connectivity index (χ4v) is 6.86. The number of rotatable bonds is 2. The molecule has 2 aliphatic carbocycles. The number of phenols is 6. The largest absolute Gasteiger partial charge is 0.507 e. The predicted octanol–water partition coefficient (Wildman–Crippen LogP) is 1.20. The molecule has 0 spiro atoms. The SMILES string of the molecule is CC[C@]12C(=O)c3c(O)c(C)c(O)c(O)c3C(=O)[C@@]1(O)O[C@]1(O)C(=O)c3c(O)c(O)c(C)c(O)c3C(=O)[C@]21CC. The predicted molar refractivity (Wildman–Crippen MR) is 126 cm³/mol. The first kappa shape index (κ1) is 26.4. The van der Waals surface area contributed by atoms with Crippen molar-refractivity contribution in [2.24, 2.45) is 10.8 Å². The van der Waals surface area contributed by atoms with Gasteiger partial charge in [0.1, 0.15) is 22.3 Å². The van der Waals surface area contributed by atoms with Crippen molar-refractivity contribution in [3.05, 3.63) is 33.4 Å². The van der Waals surface area contributed by atoms with Crippen molar-refractivity contribution in [3.8, 4) is 34.5 Å². The highest BCUT2D eigenvalue weighted by Crippen LogP contribution is 2.73. The van der Waals surface area contributed by atoms with Crippen LogP contribution in [0.4, 0.5) is 0 Å². The Hall–Kier alpha value is -4.20. The number of fused-ring (bicyclic) bond motifs is 5. The quantitative estimate of drug-likeness (QED) is 0.196. The van der Waals surface area contributed by atoms with Crippen molar-refractivity contribution in [3.63, 3.8) is 0 Å². The molecule has 8 N–H and O–H groups in total. The molecule has 0 saturated carbocycles. The van der Waals surface area contributed by atoms with E-state index in [4.69, 9.17) is 4.74 Å². The second-order valence-corrected chi connectivity index (χ2v) is 10.1. The summed E-state index contributed by atoms with van der Waals surface area (Å²) in [6.45, 7) is 4.70. The molecule has 1 aliphatic heterocycles. The highest BCUT2D eigenvalue weighted by Gasteiger charge is 2.89. The van der Waals surface area contributed by atoms with E-state index in [1.165, 1.54) is 13.8 Å². The minimum absolute atomic E-state index is 0.422. The number of aromatic hydroxyl groups is 6. The van der Waals surface area contributed by atoms with Crippen molar-refractivity contribution in [1.29, 1.82) is 0 Å². The first-order valence-corrected chi connectivity index (χ1v) is 11.9. The molecule has 0 bridgehead atoms. The maximum Gasteiger partial charge on any atom is 0.248 e. The van der Waals surface area contributed by atoms with Gasteiger partial charge in [-0.15, -0.1) is 0 Å². The molecule has 1 fully saturated rings. The van der Waals surface area contributed by atoms with Gasteiger partial charge in [0.15, 0.2) is 34.6 Å². The van der Waals surface area contributed by atoms with Crippen LogP contribution in [0.25, 0.3) is 0 Å². The number of hydrogen-bond donors (Lipinski definition) is 8. The number of carbonyl (C=O) groups excluding carboxylic acids is 4. The summed E-state index contributed by atoms with van der Waals surface area (Å²) in [7, 11) is 0. The molecular weight excluding hydrogens is 520 g/mol. The summed E-state index contributed by atoms with van der Waals surface area (Å²) in [5, 5.41) is 86.9. The Kier molecular flexibility index (Phi) is 4.91. The molecule has 2 aromatic rings. The number of ether oxygens (including phenoxy) is 1. The highest BCUT2D eigenvalue weighted by atomic mass is 16.7. The van der Waals surface area contributed by atoms with Crippen LogP contribution in [0.15, 0.2) is 0 Å². The molecule has 1 saturated heterocycles. The standard InChI is InChI=1S/C26H24O13/c1-5-23-19(33)9-11(17(31)15(29)7(3)13(9)27)21(35)25(23,37)39-26(38)22(36)12-10(20(34)24(23,26)6-2)14(28)8(4)16(30)18(12)32/h27-32,37-38H,5-6H2,1-4H3/t23-,24-,25-,26-/m1/s1. The fraction of sp³-hybridized carbons (Fsp3) is 0.385. The first-order chi connectivity index (χ1) is 18.0. The van der Waals surface area contributed by atoms with Crippen molar-refractivity contribution >= 4 is 23.1 Å². The van der Waals surface area contributed by atoms with Gasteiger partial charge in [0, 0.05) is 11.1 Å². The summed E-state index contributed by atoms with van der Waals surface area (Å²) in [5.74, 6) is -19.5. The van der Waals surface area contributed by atoms with Crippen LogP contribution in [-0.2, 0) is 4.74 Å². The third-order valence-electron chi connectivity index (χ3n) is 8.86. The zero-order valence-corrected chi connectivity index (χ0v) is 21.0. The Morgan fingerprint density at radius 2 is 0.795 bits per heavy atom. The number of carbonyl (C=O) groups is 4. The Bertz CT molecular complexity index is 1490. The van der Waals surface area contributed by atoms with Gasteiger partial charge in [0.05, 0.1) is 22.3 Å². The summed E-state index contributed by atoms with van der Waals surface area (Å²) in [6.07, 6.45) is -1.33. The van der Waals surface area contributed by atoms with E-state index in [0.717, 1.165) is 13.8 Å². The van der Waals surface area contributed by atoms with E-state index in [1.807, 2.05) is 0 Å². The first-order valence-electron chi connectivity index (χ1n) is 11.9. The second kappa shape index (κ2) is 7.25. The average molecular weight is 544 g/mol. The smallest absolute Gasteiger partial charge is 0.248 e. The van der Waals surface area contributed by atoms with Gasteiger partial charge in [-0.2, -0.15) is 0 Å². The van der Waals surface area contributed by atoms with E-state index in [1.54, 1.807) is 0 Å². The molecule has 39 heavy (non-hydrogen) atoms. The van der Waals surface area contributed by atoms with Crippen LogP contribution in [0.2, 0.25) is 0 Å². The number of hydrogen-bond acceptors (Lipinski definition) is 13. The number of benzene rings is 2. The maximum absolute atomic E-state index is 14.4. The summed E-state index contributed by atoms with van der Waals surface area (Å²) in [6, 6.07) is 0. The van der Waals surface area contributed by atoms with E-state index in [0.29, 0.717) is 0 Å². The normalized spacial score (nSPS) is 31.1. The summed E-state index contributed by atoms with van der Waals surface area (Å²) in [5.41, 5.74) is -10.5. The van der Waals surface area contributed by atoms with Crippen molar-refractivity contribution in [2.45, 2.75) is 52.1 Å². The molecule has 0 amide bonds. The van der Waals surface area contributed by atoms with E-state index >= 15 is 0 Å². The van der Waals surface area contributed by atoms with E-state index in [2.05, 4.69) is 0 Å². The maximum atomic E-state index is 14.4. The third-order valence-corrected chi connectivity index (χ3v) is 8.86. The van der Waals surface area contributed by atoms with Crippen LogP contribution in [0.3, 0.4) is 0 Å². The van der Waals surface area contributed by atoms with Crippen molar-refractivity contribution < 1.29 is 64.8 Å². The van der Waals surface area contributed by atoms with Gasteiger partial charge < -0.3 is 45.6 Å². The van der Waals surface area contributed by atoms with Gasteiger partial charge >= 0.3 is 0 Å². The van der Waals surface area contributed by atoms with Crippen molar-refractivity contribution in [1.82, 2.24) is 0 Å². The minimum atomic E-state index is -3.54. The molecule has 0 aromatic heterocycles. The molecule has 0 radical (unpaired) electrons. The third kappa shape index (κ3) is 2.27. The molecule has 4 atom stereocenters. The van der Waals surface area contributed by atoms with Crippen LogP contribution >= 0.6 is 0 Å². The van der Waals surface area contributed by atoms with E-state index in [9.17, 15) is 60.0 Å². The van der Waals surface area contributed by atoms with E-state index < -0.39 is 126 Å². The van der Waals surface area contributed by atoms with Gasteiger partial charge in [-0.25, -0.2) is 0 Å². The number of ketones is 4. The Balaban J connectivity index is 2.00. The zero-order chi connectivity index (χ0) is 29.4. The lowest BCUT2D eigenvalue weighted by atomic mass is 9.45. The molecule has 13 heteroatoms. The minimum Gasteiger partial charge on any atom is -0.507 e. The number of Topliss-reactive ketones (excluding diaryl/α,β-unsaturated/α-hetero) is 4. The Morgan fingerprint density at radius 1 is 0.513 bits per heavy atom. The molecule has 3 aliphatic rings. The summed E-state index contributed by atoms with van der Waals surface area (Å²) >= 11 is 0. The monoisotopic (exact) mass is 544 g/mol. The van der Waals surface area contributed by atoms with Crippen LogP contribution in [-0.4, -0.2) is 75.6 Å². The van der Waals surface area contributed by atoms with Crippen molar-refractivity contribution in [2.75, 3.05) is 0 Å². The van der Waals surface area contributed by atoms with Crippen LogP contribution in [0.1, 0.15) is 79.2 Å². The Morgan fingerprint density at radius 3 is 1.08 bits per heavy atom. The lowest BCUT2D eigenvalue weighted by Crippen LogP contribution is -2.69. The second-order valence-electron chi connectivity index (χ2n) is 10.1. The molecule has 1 heterocycles. The van der Waals surface area contributed by atoms with Gasteiger partial charge in [-0.1, -0.05) is 13.8 Å². The van der Waals surface area contributed by atoms with Crippen LogP contribution in [0, 0.1) is 24.7 Å². The van der Waals surface area contributed by atoms with Crippen LogP contribution in [0.5, 0.6) is 34.5 Å². The highest BCUT2D eigenvalue weighted by molar-refractivity contribution is 6.30. The molecule has 2 aromatic carbocycles. The zero-order valence-electron chi connectivity index (χ0n) is 21.0. The van der Waals surface area contributed by atoms with E-state index in [-0.39, 0.29) is 0 Å². The fourth-order valence-electron chi connectivity index (χ4n) is 6.86. The van der Waals surface area contributed by atoms with Crippen LogP contribution < -0.4 is 0 Å². The lowest BCUT2D eigenvalue weighted by Gasteiger charge is -2.51. The lowest BCUT2D eigenvalue weighted by molar-refractivity contribution is -0.261. The molecular formula is C26H24O13. The summed E-state index contributed by atoms with van der Waals surface area (Å²) < 4.78 is 5.36. The Labute approximate surface area is 219 Å². The topological polar surface area (TPSA) is 239 Å². The molecule has 206 valence electrons. The number of aliphatic hydroxyl groups is 2. The van der Waals surface area contributed by atoms with Gasteiger partial charge in [-0.05, 0) is 26.7 Å². The van der Waals surface area contributed by atoms with Gasteiger partial charge in [0.25, 0.3) is 0 Å². The molecule has 5 rings (SSSR count). The molecule has 13 nitrogen and oxygen atoms in total. The van der Waals surface area contributed by atoms with Gasteiger partial charge in [0.2, 0.25) is 23.1 Å².